The van der Waals surface area contributed by atoms with Crippen LogP contribution >= 0.6 is 0 Å². The number of carbonyl (C=O) groups is 1. The van der Waals surface area contributed by atoms with Gasteiger partial charge in [0.2, 0.25) is 0 Å². The Morgan fingerprint density at radius 2 is 1.75 bits per heavy atom. The molecule has 0 saturated carbocycles. The fraction of sp³-hybridized carbons (Fsp3) is 0.667. The van der Waals surface area contributed by atoms with E-state index in [1.54, 1.807) is 0 Å². The zero-order valence-corrected chi connectivity index (χ0v) is 8.37. The lowest BCUT2D eigenvalue weighted by Crippen LogP contribution is -2.24. The predicted octanol–water partition coefficient (Wildman–Crippen LogP) is 0.930. The van der Waals surface area contributed by atoms with Crippen molar-refractivity contribution in [1.29, 1.82) is 0 Å². The highest BCUT2D eigenvalue weighted by molar-refractivity contribution is 5.72. The molecule has 0 radical (unpaired) electrons. The lowest BCUT2D eigenvalue weighted by atomic mass is 10.4. The summed E-state index contributed by atoms with van der Waals surface area (Å²) in [5, 5.41) is 0. The number of allylic oxidation sites excluding steroid dienone is 1. The minimum Gasteiger partial charge on any atom is -0.382 e. The van der Waals surface area contributed by atoms with Crippen LogP contribution in [-0.2, 0) is 4.79 Å². The van der Waals surface area contributed by atoms with E-state index in [4.69, 9.17) is 0 Å². The second-order valence-corrected chi connectivity index (χ2v) is 2.81. The molecular formula is C9H18N2O. The molecule has 0 aliphatic rings. The molecule has 0 amide bonds. The molecule has 0 bridgehead atoms. The summed E-state index contributed by atoms with van der Waals surface area (Å²) in [6, 6.07) is 0. The van der Waals surface area contributed by atoms with Gasteiger partial charge in [0.15, 0.2) is 6.29 Å². The Morgan fingerprint density at radius 3 is 2.00 bits per heavy atom. The monoisotopic (exact) mass is 170 g/mol. The minimum absolute atomic E-state index is 0.741. The minimum atomic E-state index is 0.741. The number of likely N-dealkylation sites (N-methyl/N-ethyl adjacent to an activating group) is 1. The Labute approximate surface area is 74.7 Å². The highest BCUT2D eigenvalue weighted by Gasteiger charge is 2.03. The van der Waals surface area contributed by atoms with Crippen LogP contribution in [0, 0.1) is 0 Å². The van der Waals surface area contributed by atoms with Gasteiger partial charge in [0, 0.05) is 33.4 Å². The summed E-state index contributed by atoms with van der Waals surface area (Å²) < 4.78 is 0. The molecule has 0 unspecified atom stereocenters. The van der Waals surface area contributed by atoms with Gasteiger partial charge in [-0.1, -0.05) is 0 Å². The summed E-state index contributed by atoms with van der Waals surface area (Å²) in [6.07, 6.45) is 2.73. The quantitative estimate of drug-likeness (QED) is 0.453. The number of hydrogen-bond acceptors (Lipinski definition) is 3. The van der Waals surface area contributed by atoms with Crippen molar-refractivity contribution in [3.05, 3.63) is 11.9 Å². The first-order valence-electron chi connectivity index (χ1n) is 4.24. The lowest BCUT2D eigenvalue weighted by Gasteiger charge is -2.21. The van der Waals surface area contributed by atoms with E-state index in [1.165, 1.54) is 0 Å². The SMILES string of the molecule is CCN(CC)/C(C=O)=C\N(C)C. The van der Waals surface area contributed by atoms with Crippen molar-refractivity contribution in [2.45, 2.75) is 13.8 Å². The van der Waals surface area contributed by atoms with Crippen molar-refractivity contribution in [2.24, 2.45) is 0 Å². The van der Waals surface area contributed by atoms with E-state index in [9.17, 15) is 4.79 Å². The Hall–Kier alpha value is -0.990. The molecule has 0 aromatic rings. The first-order valence-corrected chi connectivity index (χ1v) is 4.24. The Morgan fingerprint density at radius 1 is 1.25 bits per heavy atom. The van der Waals surface area contributed by atoms with Gasteiger partial charge in [-0.25, -0.2) is 0 Å². The number of rotatable bonds is 5. The van der Waals surface area contributed by atoms with Crippen LogP contribution < -0.4 is 0 Å². The fourth-order valence-corrected chi connectivity index (χ4v) is 1.04. The fourth-order valence-electron chi connectivity index (χ4n) is 1.04. The smallest absolute Gasteiger partial charge is 0.167 e. The molecule has 0 atom stereocenters. The highest BCUT2D eigenvalue weighted by atomic mass is 16.1. The van der Waals surface area contributed by atoms with Crippen LogP contribution in [0.5, 0.6) is 0 Å². The summed E-state index contributed by atoms with van der Waals surface area (Å²) in [4.78, 5) is 14.6. The predicted molar refractivity (Wildman–Crippen MR) is 50.8 cm³/mol. The Kier molecular flexibility index (Phi) is 5.17. The number of aldehydes is 1. The van der Waals surface area contributed by atoms with Crippen LogP contribution in [0.15, 0.2) is 11.9 Å². The third-order valence-corrected chi connectivity index (χ3v) is 1.64. The van der Waals surface area contributed by atoms with E-state index >= 15 is 0 Å². The van der Waals surface area contributed by atoms with Crippen molar-refractivity contribution in [1.82, 2.24) is 9.80 Å². The van der Waals surface area contributed by atoms with E-state index in [0.717, 1.165) is 25.1 Å². The third kappa shape index (κ3) is 3.42. The molecule has 0 aliphatic carbocycles. The van der Waals surface area contributed by atoms with Crippen LogP contribution in [0.1, 0.15) is 13.8 Å². The summed E-state index contributed by atoms with van der Waals surface area (Å²) in [5.74, 6) is 0. The maximum absolute atomic E-state index is 10.7. The second kappa shape index (κ2) is 5.63. The zero-order chi connectivity index (χ0) is 9.56. The molecule has 0 N–H and O–H groups in total. The van der Waals surface area contributed by atoms with Gasteiger partial charge in [-0.2, -0.15) is 0 Å². The van der Waals surface area contributed by atoms with Gasteiger partial charge >= 0.3 is 0 Å². The highest BCUT2D eigenvalue weighted by Crippen LogP contribution is 2.00. The van der Waals surface area contributed by atoms with Gasteiger partial charge in [-0.05, 0) is 13.8 Å². The molecule has 0 fully saturated rings. The molecule has 0 aliphatic heterocycles. The first kappa shape index (κ1) is 11.0. The largest absolute Gasteiger partial charge is 0.382 e. The van der Waals surface area contributed by atoms with Crippen molar-refractivity contribution < 1.29 is 4.79 Å². The van der Waals surface area contributed by atoms with Crippen LogP contribution in [0.4, 0.5) is 0 Å². The van der Waals surface area contributed by atoms with Crippen LogP contribution in [0.2, 0.25) is 0 Å². The maximum atomic E-state index is 10.7. The molecule has 0 heterocycles. The summed E-state index contributed by atoms with van der Waals surface area (Å²) in [5.41, 5.74) is 0.741. The van der Waals surface area contributed by atoms with Gasteiger partial charge in [0.25, 0.3) is 0 Å². The number of hydrogen-bond donors (Lipinski definition) is 0. The van der Waals surface area contributed by atoms with Crippen molar-refractivity contribution >= 4 is 6.29 Å². The van der Waals surface area contributed by atoms with Crippen molar-refractivity contribution in [3.8, 4) is 0 Å². The van der Waals surface area contributed by atoms with Crippen molar-refractivity contribution in [2.75, 3.05) is 27.2 Å². The molecule has 0 spiro atoms. The second-order valence-electron chi connectivity index (χ2n) is 2.81. The van der Waals surface area contributed by atoms with E-state index < -0.39 is 0 Å². The molecule has 3 nitrogen and oxygen atoms in total. The molecule has 0 rings (SSSR count). The summed E-state index contributed by atoms with van der Waals surface area (Å²) in [6.45, 7) is 5.82. The van der Waals surface area contributed by atoms with Gasteiger partial charge in [0.1, 0.15) is 0 Å². The van der Waals surface area contributed by atoms with E-state index in [1.807, 2.05) is 43.9 Å². The van der Waals surface area contributed by atoms with Crippen molar-refractivity contribution in [3.63, 3.8) is 0 Å². The van der Waals surface area contributed by atoms with Crippen LogP contribution in [-0.4, -0.2) is 43.3 Å². The van der Waals surface area contributed by atoms with E-state index in [0.29, 0.717) is 0 Å². The van der Waals surface area contributed by atoms with Crippen LogP contribution in [0.25, 0.3) is 0 Å². The standard InChI is InChI=1S/C9H18N2O/c1-5-11(6-2)9(8-12)7-10(3)4/h7-8H,5-6H2,1-4H3/b9-7-. The molecule has 3 heteroatoms. The molecule has 0 aromatic heterocycles. The average molecular weight is 170 g/mol. The van der Waals surface area contributed by atoms with Crippen LogP contribution in [0.3, 0.4) is 0 Å². The average Bonchev–Trinajstić information content (AvgIpc) is 2.04. The summed E-state index contributed by atoms with van der Waals surface area (Å²) >= 11 is 0. The van der Waals surface area contributed by atoms with Gasteiger partial charge < -0.3 is 9.80 Å². The molecular weight excluding hydrogens is 152 g/mol. The van der Waals surface area contributed by atoms with E-state index in [-0.39, 0.29) is 0 Å². The molecule has 0 aromatic carbocycles. The zero-order valence-electron chi connectivity index (χ0n) is 8.37. The topological polar surface area (TPSA) is 23.6 Å². The molecule has 0 saturated heterocycles. The van der Waals surface area contributed by atoms with Gasteiger partial charge in [0.05, 0.1) is 5.70 Å². The third-order valence-electron chi connectivity index (χ3n) is 1.64. The molecule has 12 heavy (non-hydrogen) atoms. The normalized spacial score (nSPS) is 11.2. The lowest BCUT2D eigenvalue weighted by molar-refractivity contribution is -0.106. The Balaban J connectivity index is 4.40. The Bertz CT molecular complexity index is 160. The number of carbonyl (C=O) groups excluding carboxylic acids is 1. The van der Waals surface area contributed by atoms with E-state index in [2.05, 4.69) is 0 Å². The van der Waals surface area contributed by atoms with Gasteiger partial charge in [-0.15, -0.1) is 0 Å². The number of nitrogens with zero attached hydrogens (tertiary/aromatic N) is 2. The first-order chi connectivity index (χ1) is 5.65. The summed E-state index contributed by atoms with van der Waals surface area (Å²) in [7, 11) is 3.82. The van der Waals surface area contributed by atoms with Gasteiger partial charge in [-0.3, -0.25) is 4.79 Å². The molecule has 70 valence electrons. The maximum Gasteiger partial charge on any atom is 0.167 e.